The molecular formula is C22H31N3O2. The Kier molecular flexibility index (Phi) is 6.45. The number of hydrogen-bond acceptors (Lipinski definition) is 5. The number of esters is 1. The number of nitrogens with zero attached hydrogens (tertiary/aromatic N) is 3. The van der Waals surface area contributed by atoms with Gasteiger partial charge in [-0.3, -0.25) is 9.88 Å². The Hall–Kier alpha value is -1.98. The first kappa shape index (κ1) is 19.8. The van der Waals surface area contributed by atoms with Crippen molar-refractivity contribution in [3.05, 3.63) is 41.1 Å². The maximum absolute atomic E-state index is 12.7. The van der Waals surface area contributed by atoms with Crippen LogP contribution in [-0.2, 0) is 11.3 Å². The minimum Gasteiger partial charge on any atom is -0.462 e. The van der Waals surface area contributed by atoms with E-state index < -0.39 is 0 Å². The molecule has 0 amide bonds. The molecule has 1 saturated heterocycles. The Balaban J connectivity index is 1.85. The van der Waals surface area contributed by atoms with Crippen LogP contribution in [0.4, 0.5) is 0 Å². The molecule has 0 N–H and O–H groups in total. The van der Waals surface area contributed by atoms with E-state index in [0.717, 1.165) is 54.9 Å². The zero-order valence-corrected chi connectivity index (χ0v) is 17.0. The van der Waals surface area contributed by atoms with Gasteiger partial charge >= 0.3 is 5.97 Å². The molecule has 0 aliphatic carbocycles. The van der Waals surface area contributed by atoms with E-state index in [1.807, 2.05) is 38.1 Å². The van der Waals surface area contributed by atoms with Crippen molar-refractivity contribution in [3.63, 3.8) is 0 Å². The summed E-state index contributed by atoms with van der Waals surface area (Å²) < 4.78 is 5.34. The van der Waals surface area contributed by atoms with Gasteiger partial charge in [-0.1, -0.05) is 32.0 Å². The van der Waals surface area contributed by atoms with Gasteiger partial charge in [-0.15, -0.1) is 0 Å². The third-order valence-corrected chi connectivity index (χ3v) is 5.17. The van der Waals surface area contributed by atoms with Crippen LogP contribution in [0, 0.1) is 12.8 Å². The number of benzene rings is 1. The molecule has 1 aliphatic rings. The van der Waals surface area contributed by atoms with Gasteiger partial charge in [-0.05, 0) is 31.4 Å². The second kappa shape index (κ2) is 8.81. The summed E-state index contributed by atoms with van der Waals surface area (Å²) in [5.41, 5.74) is 3.38. The van der Waals surface area contributed by atoms with E-state index in [2.05, 4.69) is 23.6 Å². The van der Waals surface area contributed by atoms with E-state index in [1.165, 1.54) is 0 Å². The predicted octanol–water partition coefficient (Wildman–Crippen LogP) is 3.49. The number of hydrogen-bond donors (Lipinski definition) is 0. The molecule has 5 nitrogen and oxygen atoms in total. The highest BCUT2D eigenvalue weighted by Gasteiger charge is 2.23. The molecule has 1 aromatic heterocycles. The Morgan fingerprint density at radius 1 is 1.15 bits per heavy atom. The van der Waals surface area contributed by atoms with Crippen molar-refractivity contribution in [2.45, 2.75) is 34.2 Å². The van der Waals surface area contributed by atoms with Gasteiger partial charge in [0.15, 0.2) is 0 Å². The number of aromatic nitrogens is 1. The molecule has 5 heteroatoms. The summed E-state index contributed by atoms with van der Waals surface area (Å²) in [5.74, 6) is 0.429. The minimum atomic E-state index is -0.262. The molecular weight excluding hydrogens is 338 g/mol. The van der Waals surface area contributed by atoms with Crippen molar-refractivity contribution >= 4 is 16.9 Å². The third-order valence-electron chi connectivity index (χ3n) is 5.17. The van der Waals surface area contributed by atoms with Crippen LogP contribution in [0.2, 0.25) is 0 Å². The predicted molar refractivity (Wildman–Crippen MR) is 109 cm³/mol. The van der Waals surface area contributed by atoms with Crippen molar-refractivity contribution in [3.8, 4) is 0 Å². The van der Waals surface area contributed by atoms with Crippen LogP contribution in [0.5, 0.6) is 0 Å². The Bertz CT molecular complexity index is 795. The summed E-state index contributed by atoms with van der Waals surface area (Å²) in [4.78, 5) is 22.4. The number of carbonyl (C=O) groups excluding carboxylic acids is 1. The normalized spacial score (nSPS) is 16.2. The van der Waals surface area contributed by atoms with Crippen molar-refractivity contribution in [1.82, 2.24) is 14.8 Å². The van der Waals surface area contributed by atoms with Crippen LogP contribution < -0.4 is 0 Å². The van der Waals surface area contributed by atoms with Crippen LogP contribution in [0.25, 0.3) is 10.9 Å². The summed E-state index contributed by atoms with van der Waals surface area (Å²) in [6, 6.07) is 8.02. The zero-order chi connectivity index (χ0) is 19.4. The summed E-state index contributed by atoms with van der Waals surface area (Å²) in [6.45, 7) is 14.7. The van der Waals surface area contributed by atoms with Crippen LogP contribution in [0.1, 0.15) is 42.4 Å². The second-order valence-electron chi connectivity index (χ2n) is 7.77. The molecule has 1 aliphatic heterocycles. The zero-order valence-electron chi connectivity index (χ0n) is 17.0. The largest absolute Gasteiger partial charge is 0.462 e. The second-order valence-corrected chi connectivity index (χ2v) is 7.77. The maximum atomic E-state index is 12.7. The highest BCUT2D eigenvalue weighted by molar-refractivity contribution is 5.98. The quantitative estimate of drug-likeness (QED) is 0.730. The van der Waals surface area contributed by atoms with Gasteiger partial charge in [-0.25, -0.2) is 4.79 Å². The van der Waals surface area contributed by atoms with Crippen molar-refractivity contribution in [2.24, 2.45) is 5.92 Å². The summed E-state index contributed by atoms with van der Waals surface area (Å²) in [5, 5.41) is 1.02. The average Bonchev–Trinajstić information content (AvgIpc) is 2.63. The summed E-state index contributed by atoms with van der Waals surface area (Å²) in [7, 11) is 0. The molecule has 0 spiro atoms. The van der Waals surface area contributed by atoms with Gasteiger partial charge < -0.3 is 9.64 Å². The fourth-order valence-electron chi connectivity index (χ4n) is 3.89. The van der Waals surface area contributed by atoms with E-state index in [4.69, 9.17) is 9.72 Å². The van der Waals surface area contributed by atoms with Gasteiger partial charge in [-0.2, -0.15) is 0 Å². The first-order valence-electron chi connectivity index (χ1n) is 9.99. The van der Waals surface area contributed by atoms with Crippen molar-refractivity contribution in [1.29, 1.82) is 0 Å². The molecule has 0 radical (unpaired) electrons. The number of pyridine rings is 1. The van der Waals surface area contributed by atoms with Gasteiger partial charge in [0.1, 0.15) is 0 Å². The SMILES string of the molecule is CCOC(=O)c1c(CN2CCN(CC(C)C)CC2)nc2ccccc2c1C. The van der Waals surface area contributed by atoms with Gasteiger partial charge in [0.25, 0.3) is 0 Å². The number of para-hydroxylation sites is 1. The molecule has 1 aromatic carbocycles. The molecule has 3 rings (SSSR count). The number of fused-ring (bicyclic) bond motifs is 1. The lowest BCUT2D eigenvalue weighted by Crippen LogP contribution is -2.47. The monoisotopic (exact) mass is 369 g/mol. The van der Waals surface area contributed by atoms with Crippen LogP contribution in [0.3, 0.4) is 0 Å². The van der Waals surface area contributed by atoms with Crippen molar-refractivity contribution in [2.75, 3.05) is 39.3 Å². The first-order chi connectivity index (χ1) is 13.0. The molecule has 1 fully saturated rings. The maximum Gasteiger partial charge on any atom is 0.340 e. The first-order valence-corrected chi connectivity index (χ1v) is 9.99. The van der Waals surface area contributed by atoms with Crippen LogP contribution >= 0.6 is 0 Å². The lowest BCUT2D eigenvalue weighted by molar-refractivity contribution is 0.0521. The number of piperazine rings is 1. The number of carbonyl (C=O) groups is 1. The standard InChI is InChI=1S/C22H31N3O2/c1-5-27-22(26)21-17(4)18-8-6-7-9-19(18)23-20(21)15-25-12-10-24(11-13-25)14-16(2)3/h6-9,16H,5,10-15H2,1-4H3. The third kappa shape index (κ3) is 4.66. The van der Waals surface area contributed by atoms with Crippen LogP contribution in [-0.4, -0.2) is 60.1 Å². The molecule has 2 aromatic rings. The molecule has 2 heterocycles. The van der Waals surface area contributed by atoms with E-state index in [9.17, 15) is 4.79 Å². The molecule has 0 atom stereocenters. The Labute approximate surface area is 162 Å². The molecule has 0 saturated carbocycles. The number of aryl methyl sites for hydroxylation is 1. The highest BCUT2D eigenvalue weighted by Crippen LogP contribution is 2.25. The van der Waals surface area contributed by atoms with E-state index in [0.29, 0.717) is 24.6 Å². The minimum absolute atomic E-state index is 0.262. The Morgan fingerprint density at radius 2 is 1.81 bits per heavy atom. The topological polar surface area (TPSA) is 45.7 Å². The average molecular weight is 370 g/mol. The molecule has 27 heavy (non-hydrogen) atoms. The van der Waals surface area contributed by atoms with Crippen molar-refractivity contribution < 1.29 is 9.53 Å². The lowest BCUT2D eigenvalue weighted by Gasteiger charge is -2.35. The number of rotatable bonds is 6. The lowest BCUT2D eigenvalue weighted by atomic mass is 10.0. The summed E-state index contributed by atoms with van der Waals surface area (Å²) in [6.07, 6.45) is 0. The van der Waals surface area contributed by atoms with E-state index in [-0.39, 0.29) is 5.97 Å². The summed E-state index contributed by atoms with van der Waals surface area (Å²) >= 11 is 0. The fraction of sp³-hybridized carbons (Fsp3) is 0.545. The number of ether oxygens (including phenoxy) is 1. The highest BCUT2D eigenvalue weighted by atomic mass is 16.5. The van der Waals surface area contributed by atoms with Gasteiger partial charge in [0.2, 0.25) is 0 Å². The van der Waals surface area contributed by atoms with Crippen LogP contribution in [0.15, 0.2) is 24.3 Å². The van der Waals surface area contributed by atoms with Gasteiger partial charge in [0.05, 0.1) is 23.4 Å². The Morgan fingerprint density at radius 3 is 2.48 bits per heavy atom. The van der Waals surface area contributed by atoms with Gasteiger partial charge in [0, 0.05) is 44.7 Å². The molecule has 0 bridgehead atoms. The van der Waals surface area contributed by atoms with E-state index in [1.54, 1.807) is 0 Å². The smallest absolute Gasteiger partial charge is 0.340 e. The molecule has 146 valence electrons. The van der Waals surface area contributed by atoms with E-state index >= 15 is 0 Å². The molecule has 0 unspecified atom stereocenters. The fourth-order valence-corrected chi connectivity index (χ4v) is 3.89.